The van der Waals surface area contributed by atoms with Gasteiger partial charge in [0.2, 0.25) is 0 Å². The van der Waals surface area contributed by atoms with Crippen LogP contribution in [0.15, 0.2) is 48.5 Å². The van der Waals surface area contributed by atoms with Crippen molar-refractivity contribution in [3.05, 3.63) is 86.7 Å². The fourth-order valence-corrected chi connectivity index (χ4v) is 3.48. The number of para-hydroxylation sites is 1. The van der Waals surface area contributed by atoms with E-state index in [0.29, 0.717) is 30.0 Å². The smallest absolute Gasteiger partial charge is 0.308 e. The van der Waals surface area contributed by atoms with Crippen LogP contribution in [0.4, 0.5) is 11.4 Å². The predicted molar refractivity (Wildman–Crippen MR) is 112 cm³/mol. The minimum absolute atomic E-state index is 0.0496. The molecule has 29 heavy (non-hydrogen) atoms. The average Bonchev–Trinajstić information content (AvgIpc) is 2.97. The molecule has 3 aromatic rings. The third-order valence-corrected chi connectivity index (χ3v) is 5.03. The molecule has 0 atom stereocenters. The summed E-state index contributed by atoms with van der Waals surface area (Å²) in [7, 11) is 0. The summed E-state index contributed by atoms with van der Waals surface area (Å²) in [4.78, 5) is 25.5. The molecule has 0 fully saturated rings. The van der Waals surface area contributed by atoms with Crippen LogP contribution in [0.5, 0.6) is 0 Å². The molecule has 1 aromatic heterocycles. The van der Waals surface area contributed by atoms with E-state index < -0.39 is 4.92 Å². The molecule has 0 unspecified atom stereocenters. The Morgan fingerprint density at radius 3 is 2.31 bits per heavy atom. The topological polar surface area (TPSA) is 81.3 Å². The van der Waals surface area contributed by atoms with Crippen LogP contribution in [-0.4, -0.2) is 27.2 Å². The Hall–Kier alpha value is -3.48. The third-order valence-electron chi connectivity index (χ3n) is 5.03. The highest BCUT2D eigenvalue weighted by Crippen LogP contribution is 2.24. The Kier molecular flexibility index (Phi) is 5.77. The van der Waals surface area contributed by atoms with Gasteiger partial charge in [0.15, 0.2) is 0 Å². The van der Waals surface area contributed by atoms with E-state index in [1.807, 2.05) is 50.2 Å². The van der Waals surface area contributed by atoms with Gasteiger partial charge in [0, 0.05) is 17.8 Å². The van der Waals surface area contributed by atoms with Gasteiger partial charge in [0.1, 0.15) is 11.4 Å². The zero-order chi connectivity index (χ0) is 21.1. The van der Waals surface area contributed by atoms with Crippen LogP contribution in [0.2, 0.25) is 0 Å². The number of carbonyl (C=O) groups excluding carboxylic acids is 1. The monoisotopic (exact) mass is 392 g/mol. The molecule has 0 saturated heterocycles. The molecule has 7 heteroatoms. The summed E-state index contributed by atoms with van der Waals surface area (Å²) in [6, 6.07) is 15.1. The van der Waals surface area contributed by atoms with E-state index in [4.69, 9.17) is 0 Å². The van der Waals surface area contributed by atoms with Gasteiger partial charge in [-0.1, -0.05) is 30.3 Å². The van der Waals surface area contributed by atoms with Crippen LogP contribution < -0.4 is 4.90 Å². The average molecular weight is 392 g/mol. The maximum atomic E-state index is 13.0. The van der Waals surface area contributed by atoms with Gasteiger partial charge in [-0.15, -0.1) is 0 Å². The first kappa shape index (κ1) is 20.3. The quantitative estimate of drug-likeness (QED) is 0.459. The maximum absolute atomic E-state index is 13.0. The molecule has 1 heterocycles. The van der Waals surface area contributed by atoms with Gasteiger partial charge in [0.25, 0.3) is 5.91 Å². The number of rotatable bonds is 6. The Bertz CT molecular complexity index is 1050. The van der Waals surface area contributed by atoms with Gasteiger partial charge in [-0.2, -0.15) is 5.10 Å². The van der Waals surface area contributed by atoms with Crippen LogP contribution in [0.1, 0.15) is 39.8 Å². The van der Waals surface area contributed by atoms with Gasteiger partial charge in [-0.25, -0.2) is 0 Å². The first-order valence-corrected chi connectivity index (χ1v) is 9.48. The van der Waals surface area contributed by atoms with E-state index in [9.17, 15) is 14.9 Å². The van der Waals surface area contributed by atoms with Gasteiger partial charge >= 0.3 is 5.69 Å². The molecular weight excluding hydrogens is 368 g/mol. The molecule has 2 aromatic carbocycles. The minimum Gasteiger partial charge on any atom is -0.308 e. The van der Waals surface area contributed by atoms with Gasteiger partial charge in [-0.05, 0) is 57.0 Å². The van der Waals surface area contributed by atoms with Crippen LogP contribution >= 0.6 is 0 Å². The summed E-state index contributed by atoms with van der Waals surface area (Å²) >= 11 is 0. The maximum Gasteiger partial charge on any atom is 0.312 e. The minimum atomic E-state index is -0.402. The molecule has 0 aliphatic carbocycles. The lowest BCUT2D eigenvalue weighted by Gasteiger charge is -2.23. The molecule has 3 rings (SSSR count). The molecule has 7 nitrogen and oxygen atoms in total. The molecule has 150 valence electrons. The van der Waals surface area contributed by atoms with Crippen molar-refractivity contribution in [3.63, 3.8) is 0 Å². The van der Waals surface area contributed by atoms with Crippen molar-refractivity contribution in [2.75, 3.05) is 11.4 Å². The molecule has 0 bridgehead atoms. The number of hydrogen-bond acceptors (Lipinski definition) is 4. The summed E-state index contributed by atoms with van der Waals surface area (Å²) in [5.41, 5.74) is 4.43. The first-order valence-electron chi connectivity index (χ1n) is 9.48. The van der Waals surface area contributed by atoms with Crippen molar-refractivity contribution in [2.24, 2.45) is 0 Å². The van der Waals surface area contributed by atoms with Crippen molar-refractivity contribution in [2.45, 2.75) is 34.2 Å². The number of hydrogen-bond donors (Lipinski definition) is 0. The van der Waals surface area contributed by atoms with Crippen molar-refractivity contribution in [3.8, 4) is 0 Å². The van der Waals surface area contributed by atoms with Crippen LogP contribution in [0.3, 0.4) is 0 Å². The normalized spacial score (nSPS) is 10.8. The summed E-state index contributed by atoms with van der Waals surface area (Å²) in [5, 5.41) is 15.4. The number of nitrogens with zero attached hydrogens (tertiary/aromatic N) is 4. The lowest BCUT2D eigenvalue weighted by Crippen LogP contribution is -2.31. The highest BCUT2D eigenvalue weighted by Gasteiger charge is 2.22. The standard InChI is InChI=1S/C22H24N4O3/c1-5-24(20-9-7-6-8-15(20)2)22(27)19-12-10-18(11-13-19)14-25-17(4)21(26(28)29)16(3)23-25/h6-13H,5,14H2,1-4H3. The Balaban J connectivity index is 1.81. The Morgan fingerprint density at radius 2 is 1.76 bits per heavy atom. The predicted octanol–water partition coefficient (Wildman–Crippen LogP) is 4.43. The molecule has 1 amide bonds. The second kappa shape index (κ2) is 8.26. The molecule has 0 aliphatic rings. The van der Waals surface area contributed by atoms with Crippen molar-refractivity contribution in [1.82, 2.24) is 9.78 Å². The van der Waals surface area contributed by atoms with Gasteiger partial charge in [0.05, 0.1) is 11.5 Å². The largest absolute Gasteiger partial charge is 0.312 e. The molecular formula is C22H24N4O3. The number of benzene rings is 2. The van der Waals surface area contributed by atoms with E-state index in [2.05, 4.69) is 5.10 Å². The number of amides is 1. The van der Waals surface area contributed by atoms with Gasteiger partial charge < -0.3 is 4.90 Å². The van der Waals surface area contributed by atoms with Crippen molar-refractivity contribution >= 4 is 17.3 Å². The molecule has 0 spiro atoms. The van der Waals surface area contributed by atoms with E-state index in [1.165, 1.54) is 0 Å². The van der Waals surface area contributed by atoms with Crippen LogP contribution in [0.25, 0.3) is 0 Å². The number of nitro groups is 1. The SMILES string of the molecule is CCN(C(=O)c1ccc(Cn2nc(C)c([N+](=O)[O-])c2C)cc1)c1ccccc1C. The molecule has 0 aliphatic heterocycles. The van der Waals surface area contributed by atoms with E-state index in [-0.39, 0.29) is 11.6 Å². The van der Waals surface area contributed by atoms with Crippen LogP contribution in [0, 0.1) is 30.9 Å². The number of anilines is 1. The number of aromatic nitrogens is 2. The van der Waals surface area contributed by atoms with E-state index >= 15 is 0 Å². The summed E-state index contributed by atoms with van der Waals surface area (Å²) in [6.45, 7) is 8.24. The first-order chi connectivity index (χ1) is 13.8. The lowest BCUT2D eigenvalue weighted by molar-refractivity contribution is -0.386. The molecule has 0 radical (unpaired) electrons. The lowest BCUT2D eigenvalue weighted by atomic mass is 10.1. The highest BCUT2D eigenvalue weighted by molar-refractivity contribution is 6.06. The second-order valence-electron chi connectivity index (χ2n) is 6.97. The van der Waals surface area contributed by atoms with Gasteiger partial charge in [-0.3, -0.25) is 19.6 Å². The zero-order valence-electron chi connectivity index (χ0n) is 17.0. The summed E-state index contributed by atoms with van der Waals surface area (Å²) < 4.78 is 1.62. The number of aryl methyl sites for hydroxylation is 2. The molecule has 0 N–H and O–H groups in total. The van der Waals surface area contributed by atoms with Crippen molar-refractivity contribution in [1.29, 1.82) is 0 Å². The molecule has 0 saturated carbocycles. The van der Waals surface area contributed by atoms with E-state index in [0.717, 1.165) is 16.8 Å². The zero-order valence-corrected chi connectivity index (χ0v) is 17.0. The fraction of sp³-hybridized carbons (Fsp3) is 0.273. The van der Waals surface area contributed by atoms with Crippen molar-refractivity contribution < 1.29 is 9.72 Å². The second-order valence-corrected chi connectivity index (χ2v) is 6.97. The fourth-order valence-electron chi connectivity index (χ4n) is 3.48. The van der Waals surface area contributed by atoms with Crippen LogP contribution in [-0.2, 0) is 6.54 Å². The highest BCUT2D eigenvalue weighted by atomic mass is 16.6. The Labute approximate surface area is 169 Å². The van der Waals surface area contributed by atoms with E-state index in [1.54, 1.807) is 35.6 Å². The summed E-state index contributed by atoms with van der Waals surface area (Å²) in [5.74, 6) is -0.0601. The third kappa shape index (κ3) is 4.03. The Morgan fingerprint density at radius 1 is 1.10 bits per heavy atom. The number of carbonyl (C=O) groups is 1. The summed E-state index contributed by atoms with van der Waals surface area (Å²) in [6.07, 6.45) is 0.